The van der Waals surface area contributed by atoms with Crippen molar-refractivity contribution in [3.8, 4) is 11.4 Å². The molecule has 0 fully saturated rings. The van der Waals surface area contributed by atoms with Crippen LogP contribution in [-0.4, -0.2) is 39.5 Å². The van der Waals surface area contributed by atoms with Crippen LogP contribution in [0.1, 0.15) is 5.56 Å². The number of nitrogens with zero attached hydrogens (tertiary/aromatic N) is 3. The molecule has 0 radical (unpaired) electrons. The van der Waals surface area contributed by atoms with Crippen molar-refractivity contribution in [1.29, 1.82) is 0 Å². The number of carbonyl (C=O) groups is 2. The van der Waals surface area contributed by atoms with Crippen LogP contribution >= 0.6 is 11.8 Å². The second-order valence-electron chi connectivity index (χ2n) is 6.09. The quantitative estimate of drug-likeness (QED) is 0.582. The Hall–Kier alpha value is -3.20. The molecule has 3 amide bonds. The fourth-order valence-electron chi connectivity index (χ4n) is 2.68. The molecule has 3 rings (SSSR count). The standard InChI is InChI=1S/C20H20FN5O2S/c1-22-19(28)23-17(27)13-29-20-25-24-18(15-9-5-6-10-16(15)21)26(20)12-11-14-7-3-2-4-8-14/h2-10H,11-13H2,1H3,(H2,22,23,27,28). The number of amides is 3. The van der Waals surface area contributed by atoms with Gasteiger partial charge in [-0.1, -0.05) is 54.2 Å². The molecule has 3 aromatic rings. The molecule has 150 valence electrons. The lowest BCUT2D eigenvalue weighted by atomic mass is 10.1. The average Bonchev–Trinajstić information content (AvgIpc) is 3.14. The summed E-state index contributed by atoms with van der Waals surface area (Å²) in [6.07, 6.45) is 0.693. The largest absolute Gasteiger partial charge is 0.341 e. The van der Waals surface area contributed by atoms with Gasteiger partial charge in [0.25, 0.3) is 0 Å². The molecule has 7 nitrogen and oxygen atoms in total. The third-order valence-electron chi connectivity index (χ3n) is 4.11. The Kier molecular flexibility index (Phi) is 6.96. The average molecular weight is 413 g/mol. The van der Waals surface area contributed by atoms with Crippen molar-refractivity contribution in [3.63, 3.8) is 0 Å². The lowest BCUT2D eigenvalue weighted by Gasteiger charge is -2.11. The van der Waals surface area contributed by atoms with E-state index in [9.17, 15) is 14.0 Å². The van der Waals surface area contributed by atoms with Crippen molar-refractivity contribution < 1.29 is 14.0 Å². The minimum absolute atomic E-state index is 0.0197. The van der Waals surface area contributed by atoms with Crippen LogP contribution in [-0.2, 0) is 17.8 Å². The predicted octanol–water partition coefficient (Wildman–Crippen LogP) is 2.87. The summed E-state index contributed by atoms with van der Waals surface area (Å²) in [7, 11) is 1.43. The normalized spacial score (nSPS) is 10.6. The van der Waals surface area contributed by atoms with E-state index in [1.54, 1.807) is 22.8 Å². The van der Waals surface area contributed by atoms with E-state index >= 15 is 0 Å². The lowest BCUT2D eigenvalue weighted by Crippen LogP contribution is -2.38. The summed E-state index contributed by atoms with van der Waals surface area (Å²) < 4.78 is 16.1. The number of imide groups is 1. The third kappa shape index (κ3) is 5.41. The zero-order valence-corrected chi connectivity index (χ0v) is 16.6. The Morgan fingerprint density at radius 3 is 2.52 bits per heavy atom. The molecule has 2 N–H and O–H groups in total. The molecule has 1 heterocycles. The number of benzene rings is 2. The Balaban J connectivity index is 1.82. The van der Waals surface area contributed by atoms with Crippen LogP contribution in [0.25, 0.3) is 11.4 Å². The Morgan fingerprint density at radius 1 is 1.07 bits per heavy atom. The molecule has 0 aliphatic rings. The highest BCUT2D eigenvalue weighted by Gasteiger charge is 2.18. The zero-order chi connectivity index (χ0) is 20.6. The van der Waals surface area contributed by atoms with Crippen molar-refractivity contribution >= 4 is 23.7 Å². The van der Waals surface area contributed by atoms with Crippen molar-refractivity contribution in [1.82, 2.24) is 25.4 Å². The first-order valence-electron chi connectivity index (χ1n) is 8.95. The molecule has 0 bridgehead atoms. The summed E-state index contributed by atoms with van der Waals surface area (Å²) in [5, 5.41) is 13.3. The number of rotatable bonds is 7. The second kappa shape index (κ2) is 9.83. The number of aromatic nitrogens is 3. The number of carbonyl (C=O) groups excluding carboxylic acids is 2. The molecule has 0 spiro atoms. The SMILES string of the molecule is CNC(=O)NC(=O)CSc1nnc(-c2ccccc2F)n1CCc1ccccc1. The molecule has 0 aliphatic carbocycles. The molecule has 9 heteroatoms. The number of hydrogen-bond acceptors (Lipinski definition) is 5. The van der Waals surface area contributed by atoms with Gasteiger partial charge in [-0.3, -0.25) is 10.1 Å². The van der Waals surface area contributed by atoms with Crippen LogP contribution in [0.2, 0.25) is 0 Å². The summed E-state index contributed by atoms with van der Waals surface area (Å²) in [6.45, 7) is 0.514. The summed E-state index contributed by atoms with van der Waals surface area (Å²) in [5.74, 6) is -0.476. The summed E-state index contributed by atoms with van der Waals surface area (Å²) in [6, 6.07) is 15.7. The van der Waals surface area contributed by atoms with Gasteiger partial charge in [-0.2, -0.15) is 0 Å². The van der Waals surface area contributed by atoms with Gasteiger partial charge in [-0.15, -0.1) is 10.2 Å². The molecule has 2 aromatic carbocycles. The van der Waals surface area contributed by atoms with E-state index < -0.39 is 17.8 Å². The lowest BCUT2D eigenvalue weighted by molar-refractivity contribution is -0.117. The number of urea groups is 1. The summed E-state index contributed by atoms with van der Waals surface area (Å²) in [5.41, 5.74) is 1.46. The smallest absolute Gasteiger partial charge is 0.321 e. The van der Waals surface area contributed by atoms with Crippen LogP contribution < -0.4 is 10.6 Å². The van der Waals surface area contributed by atoms with E-state index in [-0.39, 0.29) is 5.75 Å². The minimum Gasteiger partial charge on any atom is -0.341 e. The van der Waals surface area contributed by atoms with Crippen molar-refractivity contribution in [2.45, 2.75) is 18.1 Å². The van der Waals surface area contributed by atoms with Gasteiger partial charge in [0.2, 0.25) is 5.91 Å². The number of thioether (sulfide) groups is 1. The first-order chi connectivity index (χ1) is 14.1. The Labute approximate surface area is 171 Å². The highest BCUT2D eigenvalue weighted by Crippen LogP contribution is 2.26. The van der Waals surface area contributed by atoms with Crippen molar-refractivity contribution in [2.75, 3.05) is 12.8 Å². The molecular formula is C20H20FN5O2S. The number of hydrogen-bond donors (Lipinski definition) is 2. The minimum atomic E-state index is -0.576. The van der Waals surface area contributed by atoms with E-state index in [2.05, 4.69) is 20.8 Å². The topological polar surface area (TPSA) is 88.9 Å². The second-order valence-corrected chi connectivity index (χ2v) is 7.03. The molecule has 29 heavy (non-hydrogen) atoms. The zero-order valence-electron chi connectivity index (χ0n) is 15.8. The maximum absolute atomic E-state index is 14.3. The van der Waals surface area contributed by atoms with Crippen LogP contribution in [0, 0.1) is 5.82 Å². The number of nitrogens with one attached hydrogen (secondary N) is 2. The van der Waals surface area contributed by atoms with Gasteiger partial charge < -0.3 is 9.88 Å². The first-order valence-corrected chi connectivity index (χ1v) is 9.93. The maximum atomic E-state index is 14.3. The first kappa shape index (κ1) is 20.5. The molecule has 0 saturated heterocycles. The van der Waals surface area contributed by atoms with Gasteiger partial charge in [-0.05, 0) is 24.1 Å². The van der Waals surface area contributed by atoms with E-state index in [0.717, 1.165) is 17.3 Å². The van der Waals surface area contributed by atoms with Crippen LogP contribution in [0.4, 0.5) is 9.18 Å². The van der Waals surface area contributed by atoms with Gasteiger partial charge in [0.1, 0.15) is 5.82 Å². The fourth-order valence-corrected chi connectivity index (χ4v) is 3.44. The van der Waals surface area contributed by atoms with Gasteiger partial charge in [-0.25, -0.2) is 9.18 Å². The van der Waals surface area contributed by atoms with Crippen molar-refractivity contribution in [3.05, 3.63) is 66.0 Å². The van der Waals surface area contributed by atoms with Gasteiger partial charge in [0, 0.05) is 13.6 Å². The van der Waals surface area contributed by atoms with Crippen LogP contribution in [0.5, 0.6) is 0 Å². The molecule has 0 saturated carbocycles. The summed E-state index contributed by atoms with van der Waals surface area (Å²) >= 11 is 1.14. The fraction of sp³-hybridized carbons (Fsp3) is 0.200. The predicted molar refractivity (Wildman–Crippen MR) is 109 cm³/mol. The van der Waals surface area contributed by atoms with Crippen LogP contribution in [0.3, 0.4) is 0 Å². The maximum Gasteiger partial charge on any atom is 0.321 e. The van der Waals surface area contributed by atoms with E-state index in [1.807, 2.05) is 30.3 Å². The molecular weight excluding hydrogens is 393 g/mol. The molecule has 0 aliphatic heterocycles. The molecule has 0 unspecified atom stereocenters. The highest BCUT2D eigenvalue weighted by atomic mass is 32.2. The van der Waals surface area contributed by atoms with Gasteiger partial charge in [0.15, 0.2) is 11.0 Å². The van der Waals surface area contributed by atoms with E-state index in [1.165, 1.54) is 13.1 Å². The third-order valence-corrected chi connectivity index (χ3v) is 5.08. The van der Waals surface area contributed by atoms with E-state index in [4.69, 9.17) is 0 Å². The highest BCUT2D eigenvalue weighted by molar-refractivity contribution is 7.99. The Morgan fingerprint density at radius 2 is 1.79 bits per heavy atom. The van der Waals surface area contributed by atoms with Crippen LogP contribution in [0.15, 0.2) is 59.8 Å². The number of halogens is 1. The van der Waals surface area contributed by atoms with E-state index in [0.29, 0.717) is 29.5 Å². The van der Waals surface area contributed by atoms with Crippen molar-refractivity contribution in [2.24, 2.45) is 0 Å². The van der Waals surface area contributed by atoms with Gasteiger partial charge >= 0.3 is 6.03 Å². The Bertz CT molecular complexity index is 994. The molecule has 1 aromatic heterocycles. The molecule has 0 atom stereocenters. The summed E-state index contributed by atoms with van der Waals surface area (Å²) in [4.78, 5) is 23.2. The number of aryl methyl sites for hydroxylation is 1. The monoisotopic (exact) mass is 413 g/mol. The van der Waals surface area contributed by atoms with Gasteiger partial charge in [0.05, 0.1) is 11.3 Å².